The fraction of sp³-hybridized carbons (Fsp3) is 1.00. The van der Waals surface area contributed by atoms with Crippen molar-refractivity contribution in [2.45, 2.75) is 16.8 Å². The van der Waals surface area contributed by atoms with E-state index in [9.17, 15) is 4.21 Å². The van der Waals surface area contributed by atoms with Crippen LogP contribution >= 0.6 is 22.6 Å². The Kier molecular flexibility index (Phi) is 2.75. The van der Waals surface area contributed by atoms with Crippen LogP contribution in [0.5, 0.6) is 0 Å². The van der Waals surface area contributed by atoms with Crippen molar-refractivity contribution in [2.24, 2.45) is 0 Å². The van der Waals surface area contributed by atoms with E-state index in [0.29, 0.717) is 0 Å². The maximum absolute atomic E-state index is 10.7. The quantitative estimate of drug-likeness (QED) is 0.464. The molecule has 0 aromatic carbocycles. The second kappa shape index (κ2) is 3.15. The Hall–Kier alpha value is 0.880. The van der Waals surface area contributed by atoms with Gasteiger partial charge in [0.05, 0.1) is 0 Å². The molecule has 0 N–H and O–H groups in total. The third kappa shape index (κ3) is 2.01. The van der Waals surface area contributed by atoms with Gasteiger partial charge in [-0.25, -0.2) is 0 Å². The second-order valence-electron chi connectivity index (χ2n) is 2.02. The van der Waals surface area contributed by atoms with E-state index in [1.54, 1.807) is 0 Å². The summed E-state index contributed by atoms with van der Waals surface area (Å²) in [6.07, 6.45) is 2.32. The minimum Gasteiger partial charge on any atom is -0.260 e. The lowest BCUT2D eigenvalue weighted by molar-refractivity contribution is 0.665. The van der Waals surface area contributed by atoms with Crippen molar-refractivity contribution in [3.63, 3.8) is 0 Å². The van der Waals surface area contributed by atoms with E-state index in [2.05, 4.69) is 22.6 Å². The molecule has 0 aromatic rings. The number of alkyl halides is 1. The predicted octanol–water partition coefficient (Wildman–Crippen LogP) is 1.33. The molecule has 0 saturated carbocycles. The highest BCUT2D eigenvalue weighted by Crippen LogP contribution is 2.16. The van der Waals surface area contributed by atoms with E-state index in [1.807, 2.05) is 0 Å². The summed E-state index contributed by atoms with van der Waals surface area (Å²) >= 11 is 2.43. The van der Waals surface area contributed by atoms with Crippen LogP contribution in [0.2, 0.25) is 0 Å². The van der Waals surface area contributed by atoms with Gasteiger partial charge in [-0.05, 0) is 12.8 Å². The molecule has 3 heteroatoms. The summed E-state index contributed by atoms with van der Waals surface area (Å²) in [4.78, 5) is 0. The summed E-state index contributed by atoms with van der Waals surface area (Å²) in [7, 11) is -0.466. The largest absolute Gasteiger partial charge is 0.260 e. The third-order valence-corrected chi connectivity index (χ3v) is 3.95. The van der Waals surface area contributed by atoms with Crippen molar-refractivity contribution in [3.8, 4) is 0 Å². The Morgan fingerprint density at radius 3 is 2.25 bits per heavy atom. The summed E-state index contributed by atoms with van der Waals surface area (Å²) in [5.41, 5.74) is 0. The summed E-state index contributed by atoms with van der Waals surface area (Å²) in [5, 5.41) is 0. The molecule has 1 saturated heterocycles. The first-order valence-corrected chi connectivity index (χ1v) is 5.51. The van der Waals surface area contributed by atoms with Gasteiger partial charge in [-0.3, -0.25) is 4.21 Å². The van der Waals surface area contributed by atoms with Crippen LogP contribution in [-0.4, -0.2) is 19.6 Å². The number of hydrogen-bond donors (Lipinski definition) is 0. The average Bonchev–Trinajstić information content (AvgIpc) is 1.77. The van der Waals surface area contributed by atoms with Crippen LogP contribution in [0.1, 0.15) is 12.8 Å². The van der Waals surface area contributed by atoms with Gasteiger partial charge in [-0.2, -0.15) is 0 Å². The molecule has 1 aliphatic heterocycles. The minimum atomic E-state index is -0.466. The molecule has 8 heavy (non-hydrogen) atoms. The van der Waals surface area contributed by atoms with Crippen LogP contribution in [-0.2, 0) is 10.8 Å². The van der Waals surface area contributed by atoms with Gasteiger partial charge in [-0.1, -0.05) is 22.6 Å². The van der Waals surface area contributed by atoms with Crippen molar-refractivity contribution in [1.82, 2.24) is 0 Å². The molecule has 0 atom stereocenters. The molecular weight excluding hydrogens is 235 g/mol. The highest BCUT2D eigenvalue weighted by atomic mass is 127. The number of halogens is 1. The van der Waals surface area contributed by atoms with Crippen LogP contribution in [0.25, 0.3) is 0 Å². The van der Waals surface area contributed by atoms with Crippen LogP contribution in [0.15, 0.2) is 0 Å². The maximum atomic E-state index is 10.7. The fourth-order valence-electron chi connectivity index (χ4n) is 0.765. The lowest BCUT2D eigenvalue weighted by Crippen LogP contribution is -2.17. The highest BCUT2D eigenvalue weighted by Gasteiger charge is 2.13. The average molecular weight is 244 g/mol. The van der Waals surface area contributed by atoms with Crippen molar-refractivity contribution < 1.29 is 4.21 Å². The Morgan fingerprint density at radius 1 is 1.38 bits per heavy atom. The molecule has 1 rings (SSSR count). The van der Waals surface area contributed by atoms with Gasteiger partial charge in [0, 0.05) is 26.2 Å². The first-order chi connectivity index (χ1) is 3.79. The predicted molar refractivity (Wildman–Crippen MR) is 44.9 cm³/mol. The van der Waals surface area contributed by atoms with Crippen molar-refractivity contribution in [3.05, 3.63) is 0 Å². The molecule has 0 amide bonds. The van der Waals surface area contributed by atoms with Crippen LogP contribution in [0, 0.1) is 0 Å². The van der Waals surface area contributed by atoms with Gasteiger partial charge >= 0.3 is 0 Å². The Morgan fingerprint density at radius 2 is 1.88 bits per heavy atom. The minimum absolute atomic E-state index is 0.466. The number of hydrogen-bond acceptors (Lipinski definition) is 1. The van der Waals surface area contributed by atoms with Crippen molar-refractivity contribution in [1.29, 1.82) is 0 Å². The summed E-state index contributed by atoms with van der Waals surface area (Å²) in [5.74, 6) is 1.88. The molecule has 0 bridgehead atoms. The van der Waals surface area contributed by atoms with Crippen LogP contribution in [0.3, 0.4) is 0 Å². The zero-order chi connectivity index (χ0) is 5.98. The lowest BCUT2D eigenvalue weighted by atomic mass is 10.3. The summed E-state index contributed by atoms with van der Waals surface area (Å²) in [6.45, 7) is 0. The first-order valence-electron chi connectivity index (χ1n) is 2.78. The smallest absolute Gasteiger partial charge is 0.0244 e. The molecule has 0 aromatic heterocycles. The van der Waals surface area contributed by atoms with E-state index in [0.717, 1.165) is 28.3 Å². The Bertz CT molecular complexity index is 94.6. The van der Waals surface area contributed by atoms with Gasteiger partial charge in [0.1, 0.15) is 0 Å². The SMILES string of the molecule is O=S1CCC(I)CC1. The maximum Gasteiger partial charge on any atom is 0.0244 e. The van der Waals surface area contributed by atoms with E-state index < -0.39 is 10.8 Å². The zero-order valence-electron chi connectivity index (χ0n) is 4.60. The van der Waals surface area contributed by atoms with E-state index in [1.165, 1.54) is 0 Å². The molecule has 0 spiro atoms. The standard InChI is InChI=1S/C5H9IOS/c6-5-1-3-8(7)4-2-5/h5H,1-4H2. The molecule has 48 valence electrons. The molecule has 0 unspecified atom stereocenters. The van der Waals surface area contributed by atoms with Gasteiger partial charge in [0.25, 0.3) is 0 Å². The van der Waals surface area contributed by atoms with E-state index in [4.69, 9.17) is 0 Å². The molecule has 1 fully saturated rings. The number of rotatable bonds is 0. The monoisotopic (exact) mass is 244 g/mol. The molecular formula is C5H9IOS. The second-order valence-corrected chi connectivity index (χ2v) is 5.48. The third-order valence-electron chi connectivity index (χ3n) is 1.32. The fourth-order valence-corrected chi connectivity index (χ4v) is 3.53. The van der Waals surface area contributed by atoms with Crippen molar-refractivity contribution >= 4 is 33.4 Å². The van der Waals surface area contributed by atoms with E-state index >= 15 is 0 Å². The normalized spacial score (nSPS) is 39.6. The van der Waals surface area contributed by atoms with Crippen LogP contribution in [0.4, 0.5) is 0 Å². The summed E-state index contributed by atoms with van der Waals surface area (Å²) in [6, 6.07) is 0. The van der Waals surface area contributed by atoms with E-state index in [-0.39, 0.29) is 0 Å². The molecule has 1 aliphatic rings. The summed E-state index contributed by atoms with van der Waals surface area (Å²) < 4.78 is 11.5. The molecule has 1 heterocycles. The van der Waals surface area contributed by atoms with Gasteiger partial charge in [-0.15, -0.1) is 0 Å². The van der Waals surface area contributed by atoms with Gasteiger partial charge < -0.3 is 0 Å². The molecule has 0 aliphatic carbocycles. The van der Waals surface area contributed by atoms with Gasteiger partial charge in [0.2, 0.25) is 0 Å². The topological polar surface area (TPSA) is 17.1 Å². The van der Waals surface area contributed by atoms with Gasteiger partial charge in [0.15, 0.2) is 0 Å². The lowest BCUT2D eigenvalue weighted by Gasteiger charge is -2.14. The zero-order valence-corrected chi connectivity index (χ0v) is 7.57. The first kappa shape index (κ1) is 6.99. The van der Waals surface area contributed by atoms with Crippen LogP contribution < -0.4 is 0 Å². The molecule has 0 radical (unpaired) electrons. The Balaban J connectivity index is 2.29. The molecule has 1 nitrogen and oxygen atoms in total. The van der Waals surface area contributed by atoms with Crippen molar-refractivity contribution in [2.75, 3.05) is 11.5 Å². The highest BCUT2D eigenvalue weighted by molar-refractivity contribution is 14.1. The Labute approximate surface area is 65.8 Å².